The summed E-state index contributed by atoms with van der Waals surface area (Å²) >= 11 is 6.35. The van der Waals surface area contributed by atoms with Gasteiger partial charge in [-0.2, -0.15) is 10.2 Å². The molecule has 0 saturated heterocycles. The van der Waals surface area contributed by atoms with E-state index in [1.165, 1.54) is 29.1 Å². The first-order valence-corrected chi connectivity index (χ1v) is 7.70. The van der Waals surface area contributed by atoms with Crippen molar-refractivity contribution in [1.29, 1.82) is 0 Å². The first-order chi connectivity index (χ1) is 11.9. The summed E-state index contributed by atoms with van der Waals surface area (Å²) in [5.74, 6) is -0.115. The molecule has 3 aromatic rings. The standard InChI is InChI=1S/C16H14ClFN6O/c1-9-7-14(25)21-16(20-9)22-19-8-13-10(2)23-24(15(13)17)12-5-3-11(18)4-6-12/h3-8H,1-2H3,(H2,20,21,22,25)/b19-8-. The van der Waals surface area contributed by atoms with Crippen molar-refractivity contribution >= 4 is 23.8 Å². The number of benzene rings is 1. The lowest BCUT2D eigenvalue weighted by Crippen LogP contribution is -2.10. The molecular weight excluding hydrogens is 347 g/mol. The third kappa shape index (κ3) is 3.74. The Labute approximate surface area is 147 Å². The molecule has 128 valence electrons. The number of hydrogen-bond acceptors (Lipinski definition) is 5. The molecule has 2 N–H and O–H groups in total. The molecule has 0 bridgehead atoms. The fourth-order valence-electron chi connectivity index (χ4n) is 2.20. The number of nitrogens with zero attached hydrogens (tertiary/aromatic N) is 4. The van der Waals surface area contributed by atoms with Crippen LogP contribution in [0.25, 0.3) is 5.69 Å². The van der Waals surface area contributed by atoms with Gasteiger partial charge in [-0.3, -0.25) is 9.78 Å². The number of hydrazone groups is 1. The second kappa shape index (κ2) is 6.86. The van der Waals surface area contributed by atoms with Crippen molar-refractivity contribution in [3.8, 4) is 5.69 Å². The minimum Gasteiger partial charge on any atom is -0.291 e. The van der Waals surface area contributed by atoms with Gasteiger partial charge < -0.3 is 0 Å². The fourth-order valence-corrected chi connectivity index (χ4v) is 2.52. The Balaban J connectivity index is 1.85. The maximum atomic E-state index is 13.0. The lowest BCUT2D eigenvalue weighted by molar-refractivity contribution is 0.627. The van der Waals surface area contributed by atoms with Gasteiger partial charge in [0.15, 0.2) is 0 Å². The van der Waals surface area contributed by atoms with Gasteiger partial charge in [0.25, 0.3) is 5.56 Å². The molecule has 0 atom stereocenters. The molecule has 0 aliphatic rings. The molecule has 0 aliphatic heterocycles. The second-order valence-corrected chi connectivity index (χ2v) is 5.64. The monoisotopic (exact) mass is 360 g/mol. The largest absolute Gasteiger partial charge is 0.291 e. The number of hydrogen-bond donors (Lipinski definition) is 2. The summed E-state index contributed by atoms with van der Waals surface area (Å²) in [5.41, 5.74) is 4.80. The van der Waals surface area contributed by atoms with Gasteiger partial charge >= 0.3 is 0 Å². The van der Waals surface area contributed by atoms with E-state index in [2.05, 4.69) is 25.6 Å². The van der Waals surface area contributed by atoms with Crippen LogP contribution in [0.3, 0.4) is 0 Å². The summed E-state index contributed by atoms with van der Waals surface area (Å²) in [6.07, 6.45) is 1.48. The molecule has 0 fully saturated rings. The van der Waals surface area contributed by atoms with Crippen LogP contribution in [0.1, 0.15) is 17.0 Å². The van der Waals surface area contributed by atoms with Crippen molar-refractivity contribution in [2.45, 2.75) is 13.8 Å². The predicted molar refractivity (Wildman–Crippen MR) is 94.1 cm³/mol. The molecule has 2 heterocycles. The van der Waals surface area contributed by atoms with Crippen LogP contribution < -0.4 is 11.0 Å². The molecule has 9 heteroatoms. The van der Waals surface area contributed by atoms with Crippen molar-refractivity contribution < 1.29 is 4.39 Å². The van der Waals surface area contributed by atoms with Crippen LogP contribution in [0.2, 0.25) is 5.15 Å². The zero-order valence-electron chi connectivity index (χ0n) is 13.4. The van der Waals surface area contributed by atoms with Gasteiger partial charge in [-0.05, 0) is 38.1 Å². The van der Waals surface area contributed by atoms with Crippen LogP contribution >= 0.6 is 11.6 Å². The fraction of sp³-hybridized carbons (Fsp3) is 0.125. The number of anilines is 1. The van der Waals surface area contributed by atoms with Crippen molar-refractivity contribution in [1.82, 2.24) is 19.7 Å². The van der Waals surface area contributed by atoms with E-state index in [4.69, 9.17) is 11.6 Å². The van der Waals surface area contributed by atoms with E-state index in [0.717, 1.165) is 0 Å². The molecule has 0 aliphatic carbocycles. The van der Waals surface area contributed by atoms with E-state index in [9.17, 15) is 9.18 Å². The Morgan fingerprint density at radius 3 is 2.72 bits per heavy atom. The van der Waals surface area contributed by atoms with Crippen LogP contribution in [-0.4, -0.2) is 26.0 Å². The number of aromatic nitrogens is 4. The Hall–Kier alpha value is -3.00. The number of H-pyrrole nitrogens is 1. The summed E-state index contributed by atoms with van der Waals surface area (Å²) in [7, 11) is 0. The molecule has 0 spiro atoms. The SMILES string of the molecule is Cc1cc(=O)[nH]c(N/N=C\c2c(C)nn(-c3ccc(F)cc3)c2Cl)n1. The quantitative estimate of drug-likeness (QED) is 0.553. The molecule has 1 aromatic carbocycles. The van der Waals surface area contributed by atoms with Gasteiger partial charge in [0.1, 0.15) is 11.0 Å². The van der Waals surface area contributed by atoms with E-state index in [0.29, 0.717) is 27.8 Å². The summed E-state index contributed by atoms with van der Waals surface area (Å²) in [5, 5.41) is 8.70. The molecule has 0 amide bonds. The number of aromatic amines is 1. The highest BCUT2D eigenvalue weighted by Gasteiger charge is 2.13. The number of halogens is 2. The van der Waals surface area contributed by atoms with Crippen LogP contribution in [0.15, 0.2) is 40.2 Å². The number of rotatable bonds is 4. The highest BCUT2D eigenvalue weighted by molar-refractivity contribution is 6.32. The first kappa shape index (κ1) is 16.8. The van der Waals surface area contributed by atoms with E-state index < -0.39 is 0 Å². The van der Waals surface area contributed by atoms with Gasteiger partial charge in [-0.25, -0.2) is 19.5 Å². The van der Waals surface area contributed by atoms with E-state index >= 15 is 0 Å². The van der Waals surface area contributed by atoms with E-state index in [1.807, 2.05) is 0 Å². The Morgan fingerprint density at radius 1 is 1.32 bits per heavy atom. The smallest absolute Gasteiger partial charge is 0.252 e. The maximum Gasteiger partial charge on any atom is 0.252 e. The number of nitrogens with one attached hydrogen (secondary N) is 2. The Morgan fingerprint density at radius 2 is 2.04 bits per heavy atom. The minimum atomic E-state index is -0.339. The van der Waals surface area contributed by atoms with Crippen molar-refractivity contribution in [2.24, 2.45) is 5.10 Å². The topological polar surface area (TPSA) is 88.0 Å². The lowest BCUT2D eigenvalue weighted by atomic mass is 10.3. The highest BCUT2D eigenvalue weighted by Crippen LogP contribution is 2.22. The Kier molecular flexibility index (Phi) is 4.62. The van der Waals surface area contributed by atoms with Gasteiger partial charge in [-0.15, -0.1) is 0 Å². The molecule has 2 aromatic heterocycles. The molecule has 25 heavy (non-hydrogen) atoms. The number of aryl methyl sites for hydroxylation is 2. The third-order valence-corrected chi connectivity index (χ3v) is 3.72. The Bertz CT molecular complexity index is 993. The molecular formula is C16H14ClFN6O. The summed E-state index contributed by atoms with van der Waals surface area (Å²) in [6.45, 7) is 3.48. The van der Waals surface area contributed by atoms with Gasteiger partial charge in [0.2, 0.25) is 5.95 Å². The first-order valence-electron chi connectivity index (χ1n) is 7.32. The van der Waals surface area contributed by atoms with Crippen LogP contribution in [0, 0.1) is 19.7 Å². The van der Waals surface area contributed by atoms with Crippen molar-refractivity contribution in [3.63, 3.8) is 0 Å². The molecule has 0 radical (unpaired) electrons. The average molecular weight is 361 g/mol. The molecule has 3 rings (SSSR count). The van der Waals surface area contributed by atoms with Crippen molar-refractivity contribution in [3.05, 3.63) is 68.6 Å². The lowest BCUT2D eigenvalue weighted by Gasteiger charge is -2.02. The zero-order chi connectivity index (χ0) is 18.0. The summed E-state index contributed by atoms with van der Waals surface area (Å²) < 4.78 is 14.5. The van der Waals surface area contributed by atoms with Crippen LogP contribution in [0.4, 0.5) is 10.3 Å². The average Bonchev–Trinajstić information content (AvgIpc) is 2.83. The third-order valence-electron chi connectivity index (χ3n) is 3.35. The molecule has 0 unspecified atom stereocenters. The van der Waals surface area contributed by atoms with Gasteiger partial charge in [-0.1, -0.05) is 11.6 Å². The predicted octanol–water partition coefficient (Wildman–Crippen LogP) is 2.81. The second-order valence-electron chi connectivity index (χ2n) is 5.28. The summed E-state index contributed by atoms with van der Waals surface area (Å²) in [4.78, 5) is 18.0. The minimum absolute atomic E-state index is 0.223. The zero-order valence-corrected chi connectivity index (χ0v) is 14.2. The van der Waals surface area contributed by atoms with Gasteiger partial charge in [0, 0.05) is 11.8 Å². The highest BCUT2D eigenvalue weighted by atomic mass is 35.5. The summed E-state index contributed by atoms with van der Waals surface area (Å²) in [6, 6.07) is 7.20. The molecule has 0 saturated carbocycles. The molecule has 7 nitrogen and oxygen atoms in total. The van der Waals surface area contributed by atoms with Crippen LogP contribution in [-0.2, 0) is 0 Å². The van der Waals surface area contributed by atoms with Crippen molar-refractivity contribution in [2.75, 3.05) is 5.43 Å². The normalized spacial score (nSPS) is 11.2. The van der Waals surface area contributed by atoms with E-state index in [-0.39, 0.29) is 17.3 Å². The van der Waals surface area contributed by atoms with E-state index in [1.54, 1.807) is 26.0 Å². The van der Waals surface area contributed by atoms with Crippen LogP contribution in [0.5, 0.6) is 0 Å². The van der Waals surface area contributed by atoms with Gasteiger partial charge in [0.05, 0.1) is 23.2 Å². The maximum absolute atomic E-state index is 13.0.